The molecule has 1 aliphatic heterocycles. The zero-order chi connectivity index (χ0) is 13.7. The third-order valence-electron chi connectivity index (χ3n) is 3.95. The Hall–Kier alpha value is -0.860. The van der Waals surface area contributed by atoms with Crippen molar-refractivity contribution in [3.8, 4) is 0 Å². The Kier molecular flexibility index (Phi) is 5.00. The van der Waals surface area contributed by atoms with Crippen LogP contribution in [0.25, 0.3) is 0 Å². The van der Waals surface area contributed by atoms with E-state index in [1.165, 1.54) is 11.1 Å². The lowest BCUT2D eigenvalue weighted by Gasteiger charge is -2.37. The van der Waals surface area contributed by atoms with Crippen LogP contribution in [0.5, 0.6) is 0 Å². The van der Waals surface area contributed by atoms with Gasteiger partial charge >= 0.3 is 0 Å². The standard InChI is InChI=1S/C17H26O2/c1-3-4-10-17(18)11-6-9-16(19-17)13-15-8-5-7-14(2)12-15/h5,7-8,12,16,18H,3-4,6,9-11,13H2,1-2H3. The molecule has 1 aliphatic rings. The SMILES string of the molecule is CCCCC1(O)CCCC(Cc2cccc(C)c2)O1. The summed E-state index contributed by atoms with van der Waals surface area (Å²) in [4.78, 5) is 0. The van der Waals surface area contributed by atoms with E-state index in [4.69, 9.17) is 4.74 Å². The average molecular weight is 262 g/mol. The minimum absolute atomic E-state index is 0.164. The van der Waals surface area contributed by atoms with Gasteiger partial charge in [0.05, 0.1) is 6.10 Å². The zero-order valence-electron chi connectivity index (χ0n) is 12.2. The van der Waals surface area contributed by atoms with E-state index in [1.54, 1.807) is 0 Å². The maximum atomic E-state index is 10.5. The lowest BCUT2D eigenvalue weighted by Crippen LogP contribution is -2.41. The number of rotatable bonds is 5. The molecule has 1 heterocycles. The van der Waals surface area contributed by atoms with E-state index in [0.29, 0.717) is 0 Å². The van der Waals surface area contributed by atoms with E-state index >= 15 is 0 Å². The minimum Gasteiger partial charge on any atom is -0.365 e. The molecule has 0 radical (unpaired) electrons. The second-order valence-electron chi connectivity index (χ2n) is 5.88. The smallest absolute Gasteiger partial charge is 0.165 e. The summed E-state index contributed by atoms with van der Waals surface area (Å²) < 4.78 is 5.98. The van der Waals surface area contributed by atoms with Crippen LogP contribution in [-0.4, -0.2) is 17.0 Å². The molecule has 0 amide bonds. The van der Waals surface area contributed by atoms with Gasteiger partial charge in [0.25, 0.3) is 0 Å². The van der Waals surface area contributed by atoms with Gasteiger partial charge in [0.15, 0.2) is 5.79 Å². The molecule has 2 unspecified atom stereocenters. The molecule has 1 aromatic rings. The van der Waals surface area contributed by atoms with Gasteiger partial charge in [-0.2, -0.15) is 0 Å². The van der Waals surface area contributed by atoms with Crippen LogP contribution in [0.3, 0.4) is 0 Å². The van der Waals surface area contributed by atoms with Crippen LogP contribution in [0.2, 0.25) is 0 Å². The van der Waals surface area contributed by atoms with Gasteiger partial charge in [0.1, 0.15) is 0 Å². The summed E-state index contributed by atoms with van der Waals surface area (Å²) in [6.07, 6.45) is 6.90. The van der Waals surface area contributed by atoms with Crippen LogP contribution in [0, 0.1) is 6.92 Å². The Bertz CT molecular complexity index is 402. The van der Waals surface area contributed by atoms with Crippen molar-refractivity contribution in [2.45, 2.75) is 70.7 Å². The number of hydrogen-bond acceptors (Lipinski definition) is 2. The molecule has 106 valence electrons. The van der Waals surface area contributed by atoms with Crippen LogP contribution >= 0.6 is 0 Å². The molecule has 0 spiro atoms. The van der Waals surface area contributed by atoms with E-state index in [9.17, 15) is 5.11 Å². The van der Waals surface area contributed by atoms with Gasteiger partial charge in [-0.15, -0.1) is 0 Å². The van der Waals surface area contributed by atoms with E-state index in [2.05, 4.69) is 38.1 Å². The first-order chi connectivity index (χ1) is 9.11. The van der Waals surface area contributed by atoms with Crippen molar-refractivity contribution in [3.63, 3.8) is 0 Å². The van der Waals surface area contributed by atoms with Crippen molar-refractivity contribution in [2.75, 3.05) is 0 Å². The van der Waals surface area contributed by atoms with Crippen LogP contribution in [0.15, 0.2) is 24.3 Å². The first kappa shape index (κ1) is 14.5. The minimum atomic E-state index is -0.872. The van der Waals surface area contributed by atoms with Gasteiger partial charge in [-0.25, -0.2) is 0 Å². The van der Waals surface area contributed by atoms with Crippen LogP contribution in [0.4, 0.5) is 0 Å². The molecular weight excluding hydrogens is 236 g/mol. The highest BCUT2D eigenvalue weighted by Gasteiger charge is 2.34. The molecule has 0 aliphatic carbocycles. The topological polar surface area (TPSA) is 29.5 Å². The van der Waals surface area contributed by atoms with Gasteiger partial charge in [-0.05, 0) is 38.2 Å². The molecule has 0 saturated carbocycles. The fourth-order valence-corrected chi connectivity index (χ4v) is 2.92. The quantitative estimate of drug-likeness (QED) is 0.869. The fourth-order valence-electron chi connectivity index (χ4n) is 2.92. The predicted octanol–water partition coefficient (Wildman–Crippen LogP) is 3.99. The molecule has 2 rings (SSSR count). The highest BCUT2D eigenvalue weighted by Crippen LogP contribution is 2.32. The van der Waals surface area contributed by atoms with E-state index in [1.807, 2.05) is 0 Å². The van der Waals surface area contributed by atoms with Crippen LogP contribution in [-0.2, 0) is 11.2 Å². The van der Waals surface area contributed by atoms with Crippen molar-refractivity contribution in [2.24, 2.45) is 0 Å². The predicted molar refractivity (Wildman–Crippen MR) is 78.1 cm³/mol. The van der Waals surface area contributed by atoms with Gasteiger partial charge < -0.3 is 9.84 Å². The average Bonchev–Trinajstić information content (AvgIpc) is 2.37. The normalized spacial score (nSPS) is 27.4. The molecule has 0 aromatic heterocycles. The molecule has 1 N–H and O–H groups in total. The molecule has 1 aromatic carbocycles. The van der Waals surface area contributed by atoms with Gasteiger partial charge in [-0.1, -0.05) is 43.2 Å². The zero-order valence-corrected chi connectivity index (χ0v) is 12.2. The van der Waals surface area contributed by atoms with Gasteiger partial charge in [0, 0.05) is 12.8 Å². The number of aliphatic hydroxyl groups is 1. The second kappa shape index (κ2) is 6.53. The van der Waals surface area contributed by atoms with E-state index in [-0.39, 0.29) is 6.10 Å². The van der Waals surface area contributed by atoms with Crippen molar-refractivity contribution < 1.29 is 9.84 Å². The summed E-state index contributed by atoms with van der Waals surface area (Å²) in [5, 5.41) is 10.5. The molecule has 2 heteroatoms. The second-order valence-corrected chi connectivity index (χ2v) is 5.88. The summed E-state index contributed by atoms with van der Waals surface area (Å²) in [6.45, 7) is 4.26. The Morgan fingerprint density at radius 2 is 2.26 bits per heavy atom. The highest BCUT2D eigenvalue weighted by molar-refractivity contribution is 5.22. The number of hydrogen-bond donors (Lipinski definition) is 1. The van der Waals surface area contributed by atoms with Crippen molar-refractivity contribution >= 4 is 0 Å². The Labute approximate surface area is 116 Å². The third kappa shape index (κ3) is 4.32. The summed E-state index contributed by atoms with van der Waals surface area (Å²) >= 11 is 0. The summed E-state index contributed by atoms with van der Waals surface area (Å²) in [6, 6.07) is 8.57. The van der Waals surface area contributed by atoms with Crippen molar-refractivity contribution in [3.05, 3.63) is 35.4 Å². The number of ether oxygens (including phenoxy) is 1. The molecular formula is C17H26O2. The fraction of sp³-hybridized carbons (Fsp3) is 0.647. The maximum absolute atomic E-state index is 10.5. The van der Waals surface area contributed by atoms with Crippen molar-refractivity contribution in [1.82, 2.24) is 0 Å². The lowest BCUT2D eigenvalue weighted by molar-refractivity contribution is -0.256. The largest absolute Gasteiger partial charge is 0.365 e. The molecule has 1 fully saturated rings. The maximum Gasteiger partial charge on any atom is 0.165 e. The summed E-state index contributed by atoms with van der Waals surface area (Å²) in [5.74, 6) is -0.872. The van der Waals surface area contributed by atoms with Crippen molar-refractivity contribution in [1.29, 1.82) is 0 Å². The summed E-state index contributed by atoms with van der Waals surface area (Å²) in [5.41, 5.74) is 2.60. The number of aryl methyl sites for hydroxylation is 1. The molecule has 0 bridgehead atoms. The molecule has 2 nitrogen and oxygen atoms in total. The third-order valence-corrected chi connectivity index (χ3v) is 3.95. The number of benzene rings is 1. The van der Waals surface area contributed by atoms with E-state index < -0.39 is 5.79 Å². The van der Waals surface area contributed by atoms with Gasteiger partial charge in [-0.3, -0.25) is 0 Å². The Balaban J connectivity index is 1.94. The van der Waals surface area contributed by atoms with Gasteiger partial charge in [0.2, 0.25) is 0 Å². The van der Waals surface area contributed by atoms with Crippen LogP contribution < -0.4 is 0 Å². The molecule has 19 heavy (non-hydrogen) atoms. The van der Waals surface area contributed by atoms with Crippen LogP contribution in [0.1, 0.15) is 56.6 Å². The Morgan fingerprint density at radius 1 is 1.42 bits per heavy atom. The monoisotopic (exact) mass is 262 g/mol. The summed E-state index contributed by atoms with van der Waals surface area (Å²) in [7, 11) is 0. The lowest BCUT2D eigenvalue weighted by atomic mass is 9.94. The molecule has 1 saturated heterocycles. The first-order valence-electron chi connectivity index (χ1n) is 7.57. The molecule has 2 atom stereocenters. The first-order valence-corrected chi connectivity index (χ1v) is 7.57. The van der Waals surface area contributed by atoms with E-state index in [0.717, 1.165) is 44.9 Å². The number of unbranched alkanes of at least 4 members (excludes halogenated alkanes) is 1. The Morgan fingerprint density at radius 3 is 3.00 bits per heavy atom. The highest BCUT2D eigenvalue weighted by atomic mass is 16.6.